The Morgan fingerprint density at radius 1 is 0.917 bits per heavy atom. The summed E-state index contributed by atoms with van der Waals surface area (Å²) in [5.41, 5.74) is 2.99. The predicted molar refractivity (Wildman–Crippen MR) is 99.5 cm³/mol. The molecular formula is C20H35NO3. The van der Waals surface area contributed by atoms with Crippen molar-refractivity contribution < 1.29 is 15.3 Å². The van der Waals surface area contributed by atoms with E-state index in [4.69, 9.17) is 10.2 Å². The van der Waals surface area contributed by atoms with Crippen LogP contribution < -0.4 is 0 Å². The number of phenolic OH excluding ortho intramolecular Hbond substituents is 1. The third-order valence-electron chi connectivity index (χ3n) is 4.47. The molecule has 0 saturated carbocycles. The third kappa shape index (κ3) is 6.42. The zero-order valence-corrected chi connectivity index (χ0v) is 15.8. The van der Waals surface area contributed by atoms with Crippen molar-refractivity contribution in [2.45, 2.75) is 65.3 Å². The SMILES string of the molecule is Cc1ccc(C(C)(C)C)c(O)c1CN(CCCCO)CCCCO. The van der Waals surface area contributed by atoms with E-state index in [-0.39, 0.29) is 18.6 Å². The number of hydrogen-bond acceptors (Lipinski definition) is 4. The van der Waals surface area contributed by atoms with Gasteiger partial charge in [-0.05, 0) is 62.2 Å². The molecule has 1 aromatic rings. The Kier molecular flexibility index (Phi) is 8.74. The van der Waals surface area contributed by atoms with Crippen molar-refractivity contribution in [1.82, 2.24) is 4.90 Å². The lowest BCUT2D eigenvalue weighted by molar-refractivity contribution is 0.219. The molecule has 3 N–H and O–H groups in total. The molecular weight excluding hydrogens is 302 g/mol. The topological polar surface area (TPSA) is 63.9 Å². The normalized spacial score (nSPS) is 12.1. The average molecular weight is 338 g/mol. The standard InChI is InChI=1S/C20H35NO3/c1-16-9-10-18(20(2,3)4)19(24)17(16)15-21(11-5-7-13-22)12-6-8-14-23/h9-10,22-24H,5-8,11-15H2,1-4H3. The van der Waals surface area contributed by atoms with Crippen LogP contribution in [0, 0.1) is 6.92 Å². The van der Waals surface area contributed by atoms with Crippen LogP contribution in [-0.2, 0) is 12.0 Å². The first-order valence-electron chi connectivity index (χ1n) is 9.07. The summed E-state index contributed by atoms with van der Waals surface area (Å²) in [6.07, 6.45) is 3.47. The molecule has 4 nitrogen and oxygen atoms in total. The molecule has 0 aromatic heterocycles. The minimum absolute atomic E-state index is 0.0921. The molecule has 0 fully saturated rings. The van der Waals surface area contributed by atoms with E-state index in [0.717, 1.165) is 55.5 Å². The highest BCUT2D eigenvalue weighted by Gasteiger charge is 2.22. The van der Waals surface area contributed by atoms with E-state index in [0.29, 0.717) is 12.3 Å². The Hall–Kier alpha value is -1.10. The zero-order valence-electron chi connectivity index (χ0n) is 15.8. The number of unbranched alkanes of at least 4 members (excludes halogenated alkanes) is 2. The molecule has 1 rings (SSSR count). The number of hydrogen-bond donors (Lipinski definition) is 3. The molecule has 0 atom stereocenters. The molecule has 24 heavy (non-hydrogen) atoms. The van der Waals surface area contributed by atoms with Crippen LogP contribution in [0.4, 0.5) is 0 Å². The number of aliphatic hydroxyl groups is 2. The first-order chi connectivity index (χ1) is 11.3. The highest BCUT2D eigenvalue weighted by atomic mass is 16.3. The van der Waals surface area contributed by atoms with Gasteiger partial charge in [-0.1, -0.05) is 32.9 Å². The third-order valence-corrected chi connectivity index (χ3v) is 4.47. The highest BCUT2D eigenvalue weighted by Crippen LogP contribution is 2.35. The molecule has 0 radical (unpaired) electrons. The lowest BCUT2D eigenvalue weighted by atomic mass is 9.84. The number of benzene rings is 1. The van der Waals surface area contributed by atoms with Gasteiger partial charge in [-0.3, -0.25) is 4.90 Å². The van der Waals surface area contributed by atoms with Crippen LogP contribution in [0.2, 0.25) is 0 Å². The van der Waals surface area contributed by atoms with Crippen molar-refractivity contribution in [3.8, 4) is 5.75 Å². The molecule has 0 spiro atoms. The summed E-state index contributed by atoms with van der Waals surface area (Å²) in [5.74, 6) is 0.414. The summed E-state index contributed by atoms with van der Waals surface area (Å²) in [6, 6.07) is 4.12. The van der Waals surface area contributed by atoms with Gasteiger partial charge in [-0.25, -0.2) is 0 Å². The molecule has 0 bridgehead atoms. The fourth-order valence-corrected chi connectivity index (χ4v) is 2.93. The van der Waals surface area contributed by atoms with Crippen molar-refractivity contribution in [3.05, 3.63) is 28.8 Å². The second-order valence-corrected chi connectivity index (χ2v) is 7.64. The van der Waals surface area contributed by atoms with E-state index >= 15 is 0 Å². The van der Waals surface area contributed by atoms with E-state index in [2.05, 4.69) is 31.7 Å². The maximum atomic E-state index is 10.8. The molecule has 0 aliphatic heterocycles. The Labute approximate surface area is 147 Å². The van der Waals surface area contributed by atoms with Crippen molar-refractivity contribution in [2.24, 2.45) is 0 Å². The zero-order chi connectivity index (χ0) is 18.2. The second kappa shape index (κ2) is 10.0. The van der Waals surface area contributed by atoms with Crippen molar-refractivity contribution in [1.29, 1.82) is 0 Å². The summed E-state index contributed by atoms with van der Waals surface area (Å²) >= 11 is 0. The number of aromatic hydroxyl groups is 1. The molecule has 0 aliphatic carbocycles. The van der Waals surface area contributed by atoms with Gasteiger partial charge in [0.05, 0.1) is 0 Å². The van der Waals surface area contributed by atoms with Gasteiger partial charge in [0.2, 0.25) is 0 Å². The van der Waals surface area contributed by atoms with Gasteiger partial charge in [0, 0.05) is 25.3 Å². The Balaban J connectivity index is 2.94. The number of phenols is 1. The molecule has 0 aliphatic rings. The van der Waals surface area contributed by atoms with E-state index in [1.807, 2.05) is 13.0 Å². The second-order valence-electron chi connectivity index (χ2n) is 7.64. The molecule has 0 saturated heterocycles. The van der Waals surface area contributed by atoms with E-state index in [1.165, 1.54) is 0 Å². The number of aryl methyl sites for hydroxylation is 1. The van der Waals surface area contributed by atoms with Gasteiger partial charge in [0.1, 0.15) is 5.75 Å². The highest BCUT2D eigenvalue weighted by molar-refractivity contribution is 5.48. The fourth-order valence-electron chi connectivity index (χ4n) is 2.93. The molecule has 4 heteroatoms. The van der Waals surface area contributed by atoms with Gasteiger partial charge in [-0.2, -0.15) is 0 Å². The van der Waals surface area contributed by atoms with Crippen molar-refractivity contribution >= 4 is 0 Å². The van der Waals surface area contributed by atoms with E-state index in [9.17, 15) is 5.11 Å². The molecule has 1 aromatic carbocycles. The number of aliphatic hydroxyl groups excluding tert-OH is 2. The molecule has 0 heterocycles. The van der Waals surface area contributed by atoms with Crippen LogP contribution in [0.15, 0.2) is 12.1 Å². The first-order valence-corrected chi connectivity index (χ1v) is 9.07. The van der Waals surface area contributed by atoms with Gasteiger partial charge in [0.25, 0.3) is 0 Å². The van der Waals surface area contributed by atoms with Gasteiger partial charge < -0.3 is 15.3 Å². The summed E-state index contributed by atoms with van der Waals surface area (Å²) in [7, 11) is 0. The van der Waals surface area contributed by atoms with Crippen LogP contribution in [0.3, 0.4) is 0 Å². The maximum absolute atomic E-state index is 10.8. The predicted octanol–water partition coefficient (Wildman–Crippen LogP) is 3.35. The smallest absolute Gasteiger partial charge is 0.124 e. The van der Waals surface area contributed by atoms with Gasteiger partial charge in [-0.15, -0.1) is 0 Å². The number of rotatable bonds is 10. The molecule has 138 valence electrons. The van der Waals surface area contributed by atoms with Crippen LogP contribution in [-0.4, -0.2) is 46.5 Å². The quantitative estimate of drug-likeness (QED) is 0.573. The van der Waals surface area contributed by atoms with Crippen LogP contribution in [0.5, 0.6) is 5.75 Å². The first kappa shape index (κ1) is 20.9. The average Bonchev–Trinajstić information content (AvgIpc) is 2.49. The monoisotopic (exact) mass is 337 g/mol. The lowest BCUT2D eigenvalue weighted by Crippen LogP contribution is -2.27. The summed E-state index contributed by atoms with van der Waals surface area (Å²) < 4.78 is 0. The Morgan fingerprint density at radius 2 is 1.46 bits per heavy atom. The molecule has 0 amide bonds. The molecule has 0 unspecified atom stereocenters. The largest absolute Gasteiger partial charge is 0.507 e. The fraction of sp³-hybridized carbons (Fsp3) is 0.700. The van der Waals surface area contributed by atoms with Gasteiger partial charge >= 0.3 is 0 Å². The van der Waals surface area contributed by atoms with Crippen LogP contribution in [0.1, 0.15) is 63.1 Å². The van der Waals surface area contributed by atoms with Crippen molar-refractivity contribution in [2.75, 3.05) is 26.3 Å². The Morgan fingerprint density at radius 3 is 1.92 bits per heavy atom. The van der Waals surface area contributed by atoms with E-state index < -0.39 is 0 Å². The maximum Gasteiger partial charge on any atom is 0.124 e. The minimum atomic E-state index is -0.0921. The van der Waals surface area contributed by atoms with Crippen LogP contribution >= 0.6 is 0 Å². The summed E-state index contributed by atoms with van der Waals surface area (Å²) in [6.45, 7) is 11.3. The van der Waals surface area contributed by atoms with Gasteiger partial charge in [0.15, 0.2) is 0 Å². The lowest BCUT2D eigenvalue weighted by Gasteiger charge is -2.27. The Bertz CT molecular complexity index is 484. The van der Waals surface area contributed by atoms with E-state index in [1.54, 1.807) is 0 Å². The summed E-state index contributed by atoms with van der Waals surface area (Å²) in [5, 5.41) is 28.8. The number of nitrogens with zero attached hydrogens (tertiary/aromatic N) is 1. The summed E-state index contributed by atoms with van der Waals surface area (Å²) in [4.78, 5) is 2.32. The van der Waals surface area contributed by atoms with Crippen molar-refractivity contribution in [3.63, 3.8) is 0 Å². The van der Waals surface area contributed by atoms with Crippen LogP contribution in [0.25, 0.3) is 0 Å². The minimum Gasteiger partial charge on any atom is -0.507 e.